The van der Waals surface area contributed by atoms with Crippen LogP contribution in [0.15, 0.2) is 47.2 Å². The third-order valence-electron chi connectivity index (χ3n) is 2.51. The van der Waals surface area contributed by atoms with E-state index in [1.54, 1.807) is 6.26 Å². The quantitative estimate of drug-likeness (QED) is 0.834. The Morgan fingerprint density at radius 1 is 1.25 bits per heavy atom. The van der Waals surface area contributed by atoms with Gasteiger partial charge < -0.3 is 9.84 Å². The molecule has 2 rings (SSSR count). The Morgan fingerprint density at radius 3 is 2.75 bits per heavy atom. The Bertz CT molecular complexity index is 397. The molecule has 1 unspecified atom stereocenters. The third-order valence-corrected chi connectivity index (χ3v) is 2.51. The fraction of sp³-hybridized carbons (Fsp3) is 0.308. The molecule has 1 heterocycles. The van der Waals surface area contributed by atoms with E-state index >= 15 is 0 Å². The van der Waals surface area contributed by atoms with Crippen LogP contribution in [-0.2, 0) is 13.0 Å². The number of hydrogen-bond donors (Lipinski definition) is 1. The molecular weight excluding hydrogens is 200 g/mol. The minimum Gasteiger partial charge on any atom is -0.364 e. The molecule has 3 nitrogen and oxygen atoms in total. The van der Waals surface area contributed by atoms with Gasteiger partial charge in [0.25, 0.3) is 0 Å². The van der Waals surface area contributed by atoms with E-state index in [0.717, 1.165) is 18.7 Å². The van der Waals surface area contributed by atoms with Gasteiger partial charge in [0.05, 0.1) is 5.69 Å². The lowest BCUT2D eigenvalue weighted by Gasteiger charge is -2.12. The highest BCUT2D eigenvalue weighted by Gasteiger charge is 2.03. The Morgan fingerprint density at radius 2 is 2.06 bits per heavy atom. The summed E-state index contributed by atoms with van der Waals surface area (Å²) in [5, 5.41) is 7.27. The first kappa shape index (κ1) is 10.9. The molecule has 0 aliphatic heterocycles. The van der Waals surface area contributed by atoms with Gasteiger partial charge >= 0.3 is 0 Å². The predicted octanol–water partition coefficient (Wildman–Crippen LogP) is 2.40. The molecule has 16 heavy (non-hydrogen) atoms. The predicted molar refractivity (Wildman–Crippen MR) is 63.0 cm³/mol. The van der Waals surface area contributed by atoms with Crippen LogP contribution in [0.3, 0.4) is 0 Å². The summed E-state index contributed by atoms with van der Waals surface area (Å²) in [6.07, 6.45) is 2.62. The highest BCUT2D eigenvalue weighted by atomic mass is 16.5. The Hall–Kier alpha value is -1.61. The molecule has 0 saturated heterocycles. The largest absolute Gasteiger partial charge is 0.364 e. The molecule has 1 N–H and O–H groups in total. The second-order valence-corrected chi connectivity index (χ2v) is 3.96. The van der Waals surface area contributed by atoms with E-state index in [1.165, 1.54) is 5.56 Å². The summed E-state index contributed by atoms with van der Waals surface area (Å²) in [6.45, 7) is 2.93. The number of hydrogen-bond acceptors (Lipinski definition) is 3. The van der Waals surface area contributed by atoms with Crippen molar-refractivity contribution in [1.82, 2.24) is 10.5 Å². The lowest BCUT2D eigenvalue weighted by Crippen LogP contribution is -2.27. The molecule has 0 aliphatic rings. The Labute approximate surface area is 95.5 Å². The number of nitrogens with one attached hydrogen (secondary N) is 1. The van der Waals surface area contributed by atoms with Crippen LogP contribution in [-0.4, -0.2) is 11.2 Å². The van der Waals surface area contributed by atoms with Gasteiger partial charge in [0, 0.05) is 18.7 Å². The average Bonchev–Trinajstić information content (AvgIpc) is 2.81. The van der Waals surface area contributed by atoms with Gasteiger partial charge in [-0.05, 0) is 18.9 Å². The fourth-order valence-electron chi connectivity index (χ4n) is 1.65. The third kappa shape index (κ3) is 3.21. The van der Waals surface area contributed by atoms with Crippen molar-refractivity contribution in [3.63, 3.8) is 0 Å². The second-order valence-electron chi connectivity index (χ2n) is 3.96. The van der Waals surface area contributed by atoms with Crippen LogP contribution in [0.1, 0.15) is 18.2 Å². The number of nitrogens with zero attached hydrogens (tertiary/aromatic N) is 1. The van der Waals surface area contributed by atoms with Gasteiger partial charge in [0.2, 0.25) is 0 Å². The molecule has 2 aromatic rings. The molecule has 0 fully saturated rings. The van der Waals surface area contributed by atoms with Crippen molar-refractivity contribution in [2.24, 2.45) is 0 Å². The topological polar surface area (TPSA) is 38.1 Å². The van der Waals surface area contributed by atoms with Crippen molar-refractivity contribution in [2.45, 2.75) is 25.9 Å². The molecule has 3 heteroatoms. The van der Waals surface area contributed by atoms with E-state index in [1.807, 2.05) is 12.1 Å². The van der Waals surface area contributed by atoms with Crippen molar-refractivity contribution < 1.29 is 4.52 Å². The van der Waals surface area contributed by atoms with Crippen LogP contribution in [0.4, 0.5) is 0 Å². The lowest BCUT2D eigenvalue weighted by atomic mass is 10.1. The molecule has 0 amide bonds. The number of rotatable bonds is 5. The van der Waals surface area contributed by atoms with Crippen LogP contribution in [0, 0.1) is 0 Å². The molecule has 0 spiro atoms. The second kappa shape index (κ2) is 5.47. The zero-order chi connectivity index (χ0) is 11.2. The number of aromatic nitrogens is 1. The highest BCUT2D eigenvalue weighted by molar-refractivity contribution is 5.15. The first-order valence-electron chi connectivity index (χ1n) is 5.51. The number of benzene rings is 1. The first-order valence-corrected chi connectivity index (χ1v) is 5.51. The summed E-state index contributed by atoms with van der Waals surface area (Å²) in [5.74, 6) is 0. The normalized spacial score (nSPS) is 12.6. The van der Waals surface area contributed by atoms with Crippen molar-refractivity contribution in [3.05, 3.63) is 53.9 Å². The summed E-state index contributed by atoms with van der Waals surface area (Å²) in [6, 6.07) is 12.8. The highest BCUT2D eigenvalue weighted by Crippen LogP contribution is 2.03. The van der Waals surface area contributed by atoms with E-state index in [4.69, 9.17) is 4.52 Å². The van der Waals surface area contributed by atoms with Gasteiger partial charge in [0.15, 0.2) is 0 Å². The first-order chi connectivity index (χ1) is 7.84. The smallest absolute Gasteiger partial charge is 0.124 e. The molecule has 84 valence electrons. The monoisotopic (exact) mass is 216 g/mol. The van der Waals surface area contributed by atoms with Crippen LogP contribution in [0.25, 0.3) is 0 Å². The zero-order valence-electron chi connectivity index (χ0n) is 9.39. The Balaban J connectivity index is 1.78. The molecular formula is C13H16N2O. The average molecular weight is 216 g/mol. The van der Waals surface area contributed by atoms with Gasteiger partial charge in [0.1, 0.15) is 6.26 Å². The van der Waals surface area contributed by atoms with Crippen LogP contribution in [0.5, 0.6) is 0 Å². The summed E-state index contributed by atoms with van der Waals surface area (Å²) in [5.41, 5.74) is 2.29. The van der Waals surface area contributed by atoms with Gasteiger partial charge in [-0.25, -0.2) is 0 Å². The summed E-state index contributed by atoms with van der Waals surface area (Å²) >= 11 is 0. The van der Waals surface area contributed by atoms with E-state index in [2.05, 4.69) is 41.7 Å². The minimum absolute atomic E-state index is 0.430. The van der Waals surface area contributed by atoms with Crippen molar-refractivity contribution in [1.29, 1.82) is 0 Å². The molecule has 1 aromatic heterocycles. The zero-order valence-corrected chi connectivity index (χ0v) is 9.39. The molecule has 0 radical (unpaired) electrons. The van der Waals surface area contributed by atoms with E-state index in [0.29, 0.717) is 6.04 Å². The van der Waals surface area contributed by atoms with E-state index in [-0.39, 0.29) is 0 Å². The Kier molecular flexibility index (Phi) is 3.72. The van der Waals surface area contributed by atoms with E-state index < -0.39 is 0 Å². The van der Waals surface area contributed by atoms with Gasteiger partial charge in [-0.15, -0.1) is 0 Å². The van der Waals surface area contributed by atoms with Crippen molar-refractivity contribution in [2.75, 3.05) is 0 Å². The maximum atomic E-state index is 4.78. The summed E-state index contributed by atoms with van der Waals surface area (Å²) in [7, 11) is 0. The van der Waals surface area contributed by atoms with Gasteiger partial charge in [-0.3, -0.25) is 0 Å². The molecule has 0 saturated carbocycles. The van der Waals surface area contributed by atoms with Crippen molar-refractivity contribution in [3.8, 4) is 0 Å². The summed E-state index contributed by atoms with van der Waals surface area (Å²) < 4.78 is 4.78. The molecule has 1 atom stereocenters. The van der Waals surface area contributed by atoms with Crippen LogP contribution in [0.2, 0.25) is 0 Å². The molecule has 0 aliphatic carbocycles. The molecule has 0 bridgehead atoms. The maximum absolute atomic E-state index is 4.78. The fourth-order valence-corrected chi connectivity index (χ4v) is 1.65. The minimum atomic E-state index is 0.430. The standard InChI is InChI=1S/C13H16N2O/c1-11(9-12-5-3-2-4-6-12)14-10-13-7-8-16-15-13/h2-8,11,14H,9-10H2,1H3. The SMILES string of the molecule is CC(Cc1ccccc1)NCc1ccon1. The van der Waals surface area contributed by atoms with Gasteiger partial charge in [-0.1, -0.05) is 35.5 Å². The van der Waals surface area contributed by atoms with Crippen molar-refractivity contribution >= 4 is 0 Å². The van der Waals surface area contributed by atoms with E-state index in [9.17, 15) is 0 Å². The van der Waals surface area contributed by atoms with Gasteiger partial charge in [-0.2, -0.15) is 0 Å². The van der Waals surface area contributed by atoms with Crippen LogP contribution >= 0.6 is 0 Å². The summed E-state index contributed by atoms with van der Waals surface area (Å²) in [4.78, 5) is 0. The van der Waals surface area contributed by atoms with Crippen LogP contribution < -0.4 is 5.32 Å². The lowest BCUT2D eigenvalue weighted by molar-refractivity contribution is 0.405. The molecule has 1 aromatic carbocycles. The maximum Gasteiger partial charge on any atom is 0.124 e.